The van der Waals surface area contributed by atoms with Crippen LogP contribution in [0.25, 0.3) is 0 Å². The zero-order chi connectivity index (χ0) is 18.4. The first-order valence-corrected chi connectivity index (χ1v) is 8.78. The van der Waals surface area contributed by atoms with Gasteiger partial charge in [-0.1, -0.05) is 36.4 Å². The molecule has 0 saturated carbocycles. The highest BCUT2D eigenvalue weighted by Gasteiger charge is 2.22. The summed E-state index contributed by atoms with van der Waals surface area (Å²) in [5.74, 6) is -0.679. The van der Waals surface area contributed by atoms with Gasteiger partial charge in [0.05, 0.1) is 7.11 Å². The quantitative estimate of drug-likeness (QED) is 0.789. The van der Waals surface area contributed by atoms with Crippen LogP contribution >= 0.6 is 0 Å². The Morgan fingerprint density at radius 3 is 2.50 bits per heavy atom. The fourth-order valence-electron chi connectivity index (χ4n) is 3.11. The van der Waals surface area contributed by atoms with E-state index in [4.69, 9.17) is 0 Å². The number of carbonyl (C=O) groups excluding carboxylic acids is 2. The predicted molar refractivity (Wildman–Crippen MR) is 97.8 cm³/mol. The Hall–Kier alpha value is -2.73. The average molecular weight is 353 g/mol. The van der Waals surface area contributed by atoms with E-state index in [2.05, 4.69) is 26.8 Å². The lowest BCUT2D eigenvalue weighted by molar-refractivity contribution is 0.0593. The summed E-state index contributed by atoms with van der Waals surface area (Å²) in [4.78, 5) is 32.7. The van der Waals surface area contributed by atoms with Crippen molar-refractivity contribution in [3.05, 3.63) is 65.5 Å². The first kappa shape index (κ1) is 18.1. The molecule has 0 radical (unpaired) electrons. The normalized spacial score (nSPS) is 15.3. The second-order valence-corrected chi connectivity index (χ2v) is 6.31. The monoisotopic (exact) mass is 353 g/mol. The van der Waals surface area contributed by atoms with Gasteiger partial charge in [0.15, 0.2) is 0 Å². The Bertz CT molecular complexity index is 764. The van der Waals surface area contributed by atoms with Gasteiger partial charge in [0.2, 0.25) is 0 Å². The van der Waals surface area contributed by atoms with Crippen LogP contribution in [0.4, 0.5) is 0 Å². The highest BCUT2D eigenvalue weighted by Crippen LogP contribution is 2.12. The lowest BCUT2D eigenvalue weighted by Gasteiger charge is -2.22. The number of pyridine rings is 1. The van der Waals surface area contributed by atoms with Crippen LogP contribution in [0, 0.1) is 0 Å². The molecule has 1 saturated heterocycles. The van der Waals surface area contributed by atoms with E-state index in [-0.39, 0.29) is 17.3 Å². The minimum Gasteiger partial charge on any atom is -0.464 e. The van der Waals surface area contributed by atoms with Gasteiger partial charge in [0.1, 0.15) is 11.4 Å². The Morgan fingerprint density at radius 1 is 0.962 bits per heavy atom. The van der Waals surface area contributed by atoms with Gasteiger partial charge in [-0.15, -0.1) is 0 Å². The first-order chi connectivity index (χ1) is 12.7. The number of esters is 1. The Balaban J connectivity index is 1.63. The van der Waals surface area contributed by atoms with E-state index in [1.807, 2.05) is 23.1 Å². The van der Waals surface area contributed by atoms with Crippen LogP contribution in [-0.2, 0) is 11.3 Å². The minimum atomic E-state index is -0.537. The van der Waals surface area contributed by atoms with Crippen molar-refractivity contribution in [2.45, 2.75) is 13.0 Å². The minimum absolute atomic E-state index is 0.141. The zero-order valence-corrected chi connectivity index (χ0v) is 14.9. The third-order valence-corrected chi connectivity index (χ3v) is 4.49. The lowest BCUT2D eigenvalue weighted by atomic mass is 10.2. The van der Waals surface area contributed by atoms with Crippen LogP contribution in [0.5, 0.6) is 0 Å². The van der Waals surface area contributed by atoms with E-state index in [1.165, 1.54) is 12.7 Å². The van der Waals surface area contributed by atoms with Crippen molar-refractivity contribution < 1.29 is 14.3 Å². The molecular weight excluding hydrogens is 330 g/mol. The molecule has 1 aromatic heterocycles. The summed E-state index contributed by atoms with van der Waals surface area (Å²) in [7, 11) is 1.30. The Labute approximate surface area is 153 Å². The summed E-state index contributed by atoms with van der Waals surface area (Å²) in [6, 6.07) is 15.2. The van der Waals surface area contributed by atoms with Crippen molar-refractivity contribution in [2.75, 3.05) is 33.3 Å². The molecule has 1 aliphatic rings. The Morgan fingerprint density at radius 2 is 1.73 bits per heavy atom. The largest absolute Gasteiger partial charge is 0.464 e. The first-order valence-electron chi connectivity index (χ1n) is 8.78. The molecule has 0 aliphatic carbocycles. The van der Waals surface area contributed by atoms with E-state index >= 15 is 0 Å². The second-order valence-electron chi connectivity index (χ2n) is 6.31. The van der Waals surface area contributed by atoms with Gasteiger partial charge < -0.3 is 9.64 Å². The third-order valence-electron chi connectivity index (χ3n) is 4.49. The van der Waals surface area contributed by atoms with Crippen molar-refractivity contribution >= 4 is 11.9 Å². The summed E-state index contributed by atoms with van der Waals surface area (Å²) < 4.78 is 4.67. The average Bonchev–Trinajstić information content (AvgIpc) is 2.93. The van der Waals surface area contributed by atoms with Gasteiger partial charge in [-0.2, -0.15) is 0 Å². The van der Waals surface area contributed by atoms with Gasteiger partial charge in [0.25, 0.3) is 5.91 Å². The third kappa shape index (κ3) is 4.46. The number of amides is 1. The molecule has 6 nitrogen and oxygen atoms in total. The highest BCUT2D eigenvalue weighted by atomic mass is 16.5. The molecule has 26 heavy (non-hydrogen) atoms. The lowest BCUT2D eigenvalue weighted by Crippen LogP contribution is -2.35. The van der Waals surface area contributed by atoms with Gasteiger partial charge in [-0.25, -0.2) is 9.78 Å². The molecule has 1 fully saturated rings. The molecule has 1 aliphatic heterocycles. The van der Waals surface area contributed by atoms with Crippen molar-refractivity contribution in [3.8, 4) is 0 Å². The summed E-state index contributed by atoms with van der Waals surface area (Å²) in [5, 5.41) is 0. The summed E-state index contributed by atoms with van der Waals surface area (Å²) in [5.41, 5.74) is 1.71. The molecule has 0 N–H and O–H groups in total. The number of benzene rings is 1. The van der Waals surface area contributed by atoms with Gasteiger partial charge in [-0.3, -0.25) is 9.69 Å². The second kappa shape index (κ2) is 8.58. The molecule has 0 atom stereocenters. The van der Waals surface area contributed by atoms with Crippen LogP contribution in [0.15, 0.2) is 48.5 Å². The number of aromatic nitrogens is 1. The smallest absolute Gasteiger partial charge is 0.356 e. The number of nitrogens with zero attached hydrogens (tertiary/aromatic N) is 3. The number of hydrogen-bond acceptors (Lipinski definition) is 5. The fraction of sp³-hybridized carbons (Fsp3) is 0.350. The van der Waals surface area contributed by atoms with Gasteiger partial charge >= 0.3 is 5.97 Å². The van der Waals surface area contributed by atoms with E-state index in [1.54, 1.807) is 18.2 Å². The van der Waals surface area contributed by atoms with Crippen molar-refractivity contribution in [1.29, 1.82) is 0 Å². The van der Waals surface area contributed by atoms with E-state index in [9.17, 15) is 9.59 Å². The summed E-state index contributed by atoms with van der Waals surface area (Å²) >= 11 is 0. The van der Waals surface area contributed by atoms with Gasteiger partial charge in [-0.05, 0) is 24.1 Å². The Kier molecular flexibility index (Phi) is 5.96. The number of rotatable bonds is 4. The standard InChI is InChI=1S/C20H23N3O3/c1-26-20(25)18-10-5-9-17(21-18)19(24)23-12-6-11-22(13-14-23)15-16-7-3-2-4-8-16/h2-5,7-10H,6,11-15H2,1H3. The van der Waals surface area contributed by atoms with Crippen LogP contribution in [0.3, 0.4) is 0 Å². The van der Waals surface area contributed by atoms with Crippen LogP contribution in [-0.4, -0.2) is 59.9 Å². The maximum absolute atomic E-state index is 12.8. The molecule has 3 rings (SSSR count). The summed E-state index contributed by atoms with van der Waals surface area (Å²) in [6.45, 7) is 3.99. The predicted octanol–water partition coefficient (Wildman–Crippen LogP) is 2.22. The van der Waals surface area contributed by atoms with E-state index in [0.29, 0.717) is 13.1 Å². The van der Waals surface area contributed by atoms with Crippen molar-refractivity contribution in [2.24, 2.45) is 0 Å². The maximum atomic E-state index is 12.8. The highest BCUT2D eigenvalue weighted by molar-refractivity contribution is 5.94. The molecule has 0 unspecified atom stereocenters. The number of ether oxygens (including phenoxy) is 1. The molecule has 6 heteroatoms. The summed E-state index contributed by atoms with van der Waals surface area (Å²) in [6.07, 6.45) is 0.912. The molecule has 1 amide bonds. The molecule has 1 aromatic carbocycles. The zero-order valence-electron chi connectivity index (χ0n) is 14.9. The fourth-order valence-corrected chi connectivity index (χ4v) is 3.11. The SMILES string of the molecule is COC(=O)c1cccc(C(=O)N2CCCN(Cc3ccccc3)CC2)n1. The van der Waals surface area contributed by atoms with Gasteiger partial charge in [0, 0.05) is 32.7 Å². The van der Waals surface area contributed by atoms with Crippen LogP contribution in [0.1, 0.15) is 33.0 Å². The molecule has 2 heterocycles. The van der Waals surface area contributed by atoms with Crippen LogP contribution in [0.2, 0.25) is 0 Å². The van der Waals surface area contributed by atoms with E-state index in [0.717, 1.165) is 26.1 Å². The number of hydrogen-bond donors (Lipinski definition) is 0. The number of methoxy groups -OCH3 is 1. The maximum Gasteiger partial charge on any atom is 0.356 e. The number of carbonyl (C=O) groups is 2. The van der Waals surface area contributed by atoms with Crippen molar-refractivity contribution in [3.63, 3.8) is 0 Å². The molecular formula is C20H23N3O3. The van der Waals surface area contributed by atoms with Crippen molar-refractivity contribution in [1.82, 2.24) is 14.8 Å². The topological polar surface area (TPSA) is 62.7 Å². The molecule has 0 bridgehead atoms. The molecule has 0 spiro atoms. The van der Waals surface area contributed by atoms with Crippen LogP contribution < -0.4 is 0 Å². The molecule has 136 valence electrons. The molecule has 2 aromatic rings. The van der Waals surface area contributed by atoms with E-state index < -0.39 is 5.97 Å².